The smallest absolute Gasteiger partial charge is 0.237 e. The van der Waals surface area contributed by atoms with Crippen LogP contribution < -0.4 is 10.6 Å². The Bertz CT molecular complexity index is 445. The van der Waals surface area contributed by atoms with Gasteiger partial charge in [0.1, 0.15) is 0 Å². The van der Waals surface area contributed by atoms with Crippen LogP contribution in [-0.2, 0) is 17.8 Å². The molecule has 1 aromatic rings. The Morgan fingerprint density at radius 1 is 1.42 bits per heavy atom. The van der Waals surface area contributed by atoms with Crippen molar-refractivity contribution in [2.45, 2.75) is 32.0 Å². The lowest BCUT2D eigenvalue weighted by atomic mass is 9.95. The van der Waals surface area contributed by atoms with Crippen LogP contribution in [-0.4, -0.2) is 43.5 Å². The van der Waals surface area contributed by atoms with E-state index < -0.39 is 0 Å². The Kier molecular flexibility index (Phi) is 4.56. The Morgan fingerprint density at radius 3 is 2.79 bits per heavy atom. The second kappa shape index (κ2) is 6.17. The number of amides is 1. The van der Waals surface area contributed by atoms with E-state index in [2.05, 4.69) is 34.6 Å². The second-order valence-corrected chi connectivity index (χ2v) is 5.46. The van der Waals surface area contributed by atoms with E-state index in [0.29, 0.717) is 12.6 Å². The summed E-state index contributed by atoms with van der Waals surface area (Å²) in [5.74, 6) is 0.100. The van der Waals surface area contributed by atoms with Crippen molar-refractivity contribution in [3.8, 4) is 0 Å². The number of benzene rings is 1. The lowest BCUT2D eigenvalue weighted by Gasteiger charge is -2.26. The summed E-state index contributed by atoms with van der Waals surface area (Å²) in [6.07, 6.45) is 0.776. The molecule has 4 nitrogen and oxygen atoms in total. The van der Waals surface area contributed by atoms with Gasteiger partial charge in [0.25, 0.3) is 0 Å². The first kappa shape index (κ1) is 14.0. The standard InChI is InChI=1S/C15H23N3O/c1-11(18(2)3)9-17-15(19)14-8-12-6-4-5-7-13(12)10-16-14/h4-7,11,14,16H,8-10H2,1-3H3,(H,17,19)/t11?,14-/m1/s1. The summed E-state index contributed by atoms with van der Waals surface area (Å²) in [6, 6.07) is 8.54. The molecule has 1 heterocycles. The highest BCUT2D eigenvalue weighted by molar-refractivity contribution is 5.82. The van der Waals surface area contributed by atoms with Gasteiger partial charge in [0.05, 0.1) is 6.04 Å². The van der Waals surface area contributed by atoms with Crippen LogP contribution in [0.25, 0.3) is 0 Å². The average molecular weight is 261 g/mol. The quantitative estimate of drug-likeness (QED) is 0.841. The summed E-state index contributed by atoms with van der Waals surface area (Å²) in [5, 5.41) is 6.32. The largest absolute Gasteiger partial charge is 0.353 e. The van der Waals surface area contributed by atoms with Gasteiger partial charge in [-0.3, -0.25) is 4.79 Å². The number of carbonyl (C=O) groups is 1. The van der Waals surface area contributed by atoms with Crippen LogP contribution in [0.3, 0.4) is 0 Å². The lowest BCUT2D eigenvalue weighted by Crippen LogP contribution is -2.50. The molecule has 0 aliphatic carbocycles. The molecule has 0 bridgehead atoms. The van der Waals surface area contributed by atoms with E-state index in [1.807, 2.05) is 26.2 Å². The fraction of sp³-hybridized carbons (Fsp3) is 0.533. The molecular formula is C15H23N3O. The molecule has 0 aromatic heterocycles. The summed E-state index contributed by atoms with van der Waals surface area (Å²) in [4.78, 5) is 14.2. The summed E-state index contributed by atoms with van der Waals surface area (Å²) in [6.45, 7) is 3.56. The third-order valence-electron chi connectivity index (χ3n) is 3.85. The molecule has 2 atom stereocenters. The van der Waals surface area contributed by atoms with Gasteiger partial charge >= 0.3 is 0 Å². The molecule has 104 valence electrons. The van der Waals surface area contributed by atoms with Crippen molar-refractivity contribution in [2.24, 2.45) is 0 Å². The Balaban J connectivity index is 1.89. The van der Waals surface area contributed by atoms with Crippen molar-refractivity contribution in [1.29, 1.82) is 0 Å². The maximum absolute atomic E-state index is 12.1. The predicted octanol–water partition coefficient (Wildman–Crippen LogP) is 0.767. The van der Waals surface area contributed by atoms with Crippen molar-refractivity contribution < 1.29 is 4.79 Å². The van der Waals surface area contributed by atoms with Crippen molar-refractivity contribution in [2.75, 3.05) is 20.6 Å². The highest BCUT2D eigenvalue weighted by Crippen LogP contribution is 2.16. The fourth-order valence-corrected chi connectivity index (χ4v) is 2.19. The van der Waals surface area contributed by atoms with Crippen LogP contribution in [0.15, 0.2) is 24.3 Å². The summed E-state index contributed by atoms with van der Waals surface area (Å²) in [5.41, 5.74) is 2.58. The molecule has 1 unspecified atom stereocenters. The van der Waals surface area contributed by atoms with Gasteiger partial charge in [-0.15, -0.1) is 0 Å². The highest BCUT2D eigenvalue weighted by Gasteiger charge is 2.23. The molecule has 1 amide bonds. The molecule has 0 saturated carbocycles. The summed E-state index contributed by atoms with van der Waals surface area (Å²) >= 11 is 0. The molecule has 19 heavy (non-hydrogen) atoms. The fourth-order valence-electron chi connectivity index (χ4n) is 2.19. The van der Waals surface area contributed by atoms with Crippen molar-refractivity contribution >= 4 is 5.91 Å². The minimum absolute atomic E-state index is 0.100. The van der Waals surface area contributed by atoms with Gasteiger partial charge in [-0.1, -0.05) is 24.3 Å². The number of likely N-dealkylation sites (N-methyl/N-ethyl adjacent to an activating group) is 1. The van der Waals surface area contributed by atoms with Crippen LogP contribution in [0, 0.1) is 0 Å². The van der Waals surface area contributed by atoms with Crippen molar-refractivity contribution in [3.05, 3.63) is 35.4 Å². The molecule has 0 radical (unpaired) electrons. The normalized spacial score (nSPS) is 19.9. The maximum atomic E-state index is 12.1. The number of hydrogen-bond donors (Lipinski definition) is 2. The van der Waals surface area contributed by atoms with Gasteiger partial charge in [-0.05, 0) is 38.6 Å². The zero-order valence-corrected chi connectivity index (χ0v) is 11.9. The van der Waals surface area contributed by atoms with Crippen molar-refractivity contribution in [3.63, 3.8) is 0 Å². The number of fused-ring (bicyclic) bond motifs is 1. The summed E-state index contributed by atoms with van der Waals surface area (Å²) in [7, 11) is 4.04. The number of hydrogen-bond acceptors (Lipinski definition) is 3. The molecule has 2 N–H and O–H groups in total. The number of nitrogens with zero attached hydrogens (tertiary/aromatic N) is 1. The number of nitrogens with one attached hydrogen (secondary N) is 2. The zero-order chi connectivity index (χ0) is 13.8. The molecule has 1 aliphatic rings. The van der Waals surface area contributed by atoms with Gasteiger partial charge in [0, 0.05) is 19.1 Å². The molecule has 1 aromatic carbocycles. The first-order valence-corrected chi connectivity index (χ1v) is 6.82. The average Bonchev–Trinajstić information content (AvgIpc) is 2.43. The monoisotopic (exact) mass is 261 g/mol. The molecule has 1 aliphatic heterocycles. The van der Waals surface area contributed by atoms with E-state index >= 15 is 0 Å². The first-order chi connectivity index (χ1) is 9.08. The predicted molar refractivity (Wildman–Crippen MR) is 76.9 cm³/mol. The second-order valence-electron chi connectivity index (χ2n) is 5.46. The van der Waals surface area contributed by atoms with E-state index in [1.54, 1.807) is 0 Å². The Morgan fingerprint density at radius 2 is 2.11 bits per heavy atom. The molecule has 0 saturated heterocycles. The van der Waals surface area contributed by atoms with Crippen LogP contribution >= 0.6 is 0 Å². The molecule has 4 heteroatoms. The Labute approximate surface area is 115 Å². The topological polar surface area (TPSA) is 44.4 Å². The van der Waals surface area contributed by atoms with Gasteiger partial charge in [0.2, 0.25) is 5.91 Å². The van der Waals surface area contributed by atoms with Gasteiger partial charge in [-0.25, -0.2) is 0 Å². The van der Waals surface area contributed by atoms with Crippen LogP contribution in [0.1, 0.15) is 18.1 Å². The summed E-state index contributed by atoms with van der Waals surface area (Å²) < 4.78 is 0. The number of rotatable bonds is 4. The zero-order valence-electron chi connectivity index (χ0n) is 11.9. The first-order valence-electron chi connectivity index (χ1n) is 6.82. The van der Waals surface area contributed by atoms with E-state index in [0.717, 1.165) is 13.0 Å². The van der Waals surface area contributed by atoms with Crippen LogP contribution in [0.5, 0.6) is 0 Å². The van der Waals surface area contributed by atoms with E-state index in [4.69, 9.17) is 0 Å². The lowest BCUT2D eigenvalue weighted by molar-refractivity contribution is -0.123. The van der Waals surface area contributed by atoms with Crippen LogP contribution in [0.2, 0.25) is 0 Å². The number of carbonyl (C=O) groups excluding carboxylic acids is 1. The third-order valence-corrected chi connectivity index (χ3v) is 3.85. The van der Waals surface area contributed by atoms with E-state index in [9.17, 15) is 4.79 Å². The third kappa shape index (κ3) is 3.55. The van der Waals surface area contributed by atoms with Crippen LogP contribution in [0.4, 0.5) is 0 Å². The highest BCUT2D eigenvalue weighted by atomic mass is 16.2. The van der Waals surface area contributed by atoms with Gasteiger partial charge in [-0.2, -0.15) is 0 Å². The minimum Gasteiger partial charge on any atom is -0.353 e. The van der Waals surface area contributed by atoms with E-state index in [-0.39, 0.29) is 11.9 Å². The Hall–Kier alpha value is -1.39. The molecule has 2 rings (SSSR count). The van der Waals surface area contributed by atoms with Crippen molar-refractivity contribution in [1.82, 2.24) is 15.5 Å². The molecule has 0 fully saturated rings. The van der Waals surface area contributed by atoms with Gasteiger partial charge < -0.3 is 15.5 Å². The minimum atomic E-state index is -0.107. The molecular weight excluding hydrogens is 238 g/mol. The van der Waals surface area contributed by atoms with Gasteiger partial charge in [0.15, 0.2) is 0 Å². The van der Waals surface area contributed by atoms with E-state index in [1.165, 1.54) is 11.1 Å². The maximum Gasteiger partial charge on any atom is 0.237 e. The SMILES string of the molecule is CC(CNC(=O)[C@H]1Cc2ccccc2CN1)N(C)C. The molecule has 0 spiro atoms.